The molecule has 0 amide bonds. The summed E-state index contributed by atoms with van der Waals surface area (Å²) in [6, 6.07) is 13.6. The molecule has 0 aliphatic heterocycles. The number of aromatic nitrogens is 1. The Hall–Kier alpha value is -2.86. The topological polar surface area (TPSA) is 74.5 Å². The van der Waals surface area contributed by atoms with Gasteiger partial charge in [0.15, 0.2) is 11.5 Å². The number of rotatable bonds is 5. The first-order valence-electron chi connectivity index (χ1n) is 7.08. The van der Waals surface area contributed by atoms with Crippen LogP contribution < -0.4 is 9.47 Å². The number of non-ortho nitro benzene ring substituents is 1. The lowest BCUT2D eigenvalue weighted by molar-refractivity contribution is -0.385. The zero-order valence-corrected chi connectivity index (χ0v) is 13.5. The molecule has 7 heteroatoms. The summed E-state index contributed by atoms with van der Waals surface area (Å²) in [5.41, 5.74) is 1.40. The molecule has 0 fully saturated rings. The third kappa shape index (κ3) is 3.23. The number of nitro benzene ring substituents is 1. The highest BCUT2D eigenvalue weighted by atomic mass is 35.5. The van der Waals surface area contributed by atoms with Crippen LogP contribution in [0.15, 0.2) is 48.5 Å². The number of benzene rings is 2. The first kappa shape index (κ1) is 16.0. The summed E-state index contributed by atoms with van der Waals surface area (Å²) in [6.45, 7) is 0.119. The molecule has 0 spiro atoms. The van der Waals surface area contributed by atoms with E-state index >= 15 is 0 Å². The van der Waals surface area contributed by atoms with Gasteiger partial charge in [-0.2, -0.15) is 0 Å². The summed E-state index contributed by atoms with van der Waals surface area (Å²) >= 11 is 6.19. The Morgan fingerprint density at radius 1 is 1.17 bits per heavy atom. The van der Waals surface area contributed by atoms with Crippen LogP contribution in [0.25, 0.3) is 10.9 Å². The van der Waals surface area contributed by atoms with Gasteiger partial charge in [-0.15, -0.1) is 0 Å². The molecule has 0 saturated heterocycles. The maximum absolute atomic E-state index is 10.9. The molecule has 0 unspecified atom stereocenters. The van der Waals surface area contributed by atoms with E-state index in [0.29, 0.717) is 16.5 Å². The van der Waals surface area contributed by atoms with Gasteiger partial charge in [-0.25, -0.2) is 4.98 Å². The van der Waals surface area contributed by atoms with Crippen molar-refractivity contribution in [2.75, 3.05) is 7.11 Å². The second kappa shape index (κ2) is 6.72. The SMILES string of the molecule is COc1ccc([N+](=O)[O-])cc1OCc1cc2ccccc2nc1Cl. The largest absolute Gasteiger partial charge is 0.493 e. The summed E-state index contributed by atoms with van der Waals surface area (Å²) in [7, 11) is 1.47. The number of halogens is 1. The summed E-state index contributed by atoms with van der Waals surface area (Å²) < 4.78 is 10.9. The predicted octanol–water partition coefficient (Wildman–Crippen LogP) is 4.38. The Balaban J connectivity index is 1.89. The zero-order valence-electron chi connectivity index (χ0n) is 12.7. The molecule has 24 heavy (non-hydrogen) atoms. The van der Waals surface area contributed by atoms with Crippen molar-refractivity contribution in [3.8, 4) is 11.5 Å². The van der Waals surface area contributed by atoms with Crippen molar-refractivity contribution in [2.24, 2.45) is 0 Å². The first-order valence-corrected chi connectivity index (χ1v) is 7.45. The maximum Gasteiger partial charge on any atom is 0.273 e. The van der Waals surface area contributed by atoms with Gasteiger partial charge in [0.2, 0.25) is 0 Å². The van der Waals surface area contributed by atoms with Gasteiger partial charge in [0.25, 0.3) is 5.69 Å². The van der Waals surface area contributed by atoms with Crippen molar-refractivity contribution in [3.63, 3.8) is 0 Å². The van der Waals surface area contributed by atoms with Gasteiger partial charge in [-0.05, 0) is 18.2 Å². The van der Waals surface area contributed by atoms with Crippen molar-refractivity contribution < 1.29 is 14.4 Å². The molecule has 0 radical (unpaired) electrons. The molecule has 0 bridgehead atoms. The van der Waals surface area contributed by atoms with Crippen LogP contribution in [0.4, 0.5) is 5.69 Å². The van der Waals surface area contributed by atoms with Crippen molar-refractivity contribution in [3.05, 3.63) is 69.4 Å². The van der Waals surface area contributed by atoms with Crippen LogP contribution in [0.5, 0.6) is 11.5 Å². The third-order valence-electron chi connectivity index (χ3n) is 3.49. The molecule has 0 atom stereocenters. The Labute approximate surface area is 142 Å². The third-order valence-corrected chi connectivity index (χ3v) is 3.82. The molecule has 3 rings (SSSR count). The Morgan fingerprint density at radius 3 is 2.71 bits per heavy atom. The van der Waals surface area contributed by atoms with Gasteiger partial charge in [0, 0.05) is 17.0 Å². The Bertz CT molecular complexity index is 914. The average molecular weight is 345 g/mol. The highest BCUT2D eigenvalue weighted by Gasteiger charge is 2.14. The molecule has 0 N–H and O–H groups in total. The van der Waals surface area contributed by atoms with Crippen molar-refractivity contribution in [1.82, 2.24) is 4.98 Å². The van der Waals surface area contributed by atoms with Crippen LogP contribution in [0.2, 0.25) is 5.15 Å². The van der Waals surface area contributed by atoms with E-state index in [0.717, 1.165) is 10.9 Å². The predicted molar refractivity (Wildman–Crippen MR) is 90.7 cm³/mol. The lowest BCUT2D eigenvalue weighted by Crippen LogP contribution is -2.00. The number of hydrogen-bond acceptors (Lipinski definition) is 5. The fourth-order valence-corrected chi connectivity index (χ4v) is 2.48. The summed E-state index contributed by atoms with van der Waals surface area (Å²) in [4.78, 5) is 14.7. The Morgan fingerprint density at radius 2 is 1.96 bits per heavy atom. The maximum atomic E-state index is 10.9. The lowest BCUT2D eigenvalue weighted by atomic mass is 10.2. The second-order valence-corrected chi connectivity index (χ2v) is 5.37. The van der Waals surface area contributed by atoms with Gasteiger partial charge in [-0.3, -0.25) is 10.1 Å². The fraction of sp³-hybridized carbons (Fsp3) is 0.118. The van der Waals surface area contributed by atoms with Crippen LogP contribution in [-0.2, 0) is 6.61 Å². The normalized spacial score (nSPS) is 10.6. The number of para-hydroxylation sites is 1. The molecular formula is C17H13ClN2O4. The van der Waals surface area contributed by atoms with Crippen LogP contribution in [0, 0.1) is 10.1 Å². The minimum Gasteiger partial charge on any atom is -0.493 e. The molecule has 3 aromatic rings. The van der Waals surface area contributed by atoms with Crippen molar-refractivity contribution >= 4 is 28.2 Å². The van der Waals surface area contributed by atoms with E-state index in [1.807, 2.05) is 30.3 Å². The molecule has 122 valence electrons. The smallest absolute Gasteiger partial charge is 0.273 e. The summed E-state index contributed by atoms with van der Waals surface area (Å²) in [6.07, 6.45) is 0. The number of ether oxygens (including phenoxy) is 2. The molecular weight excluding hydrogens is 332 g/mol. The van der Waals surface area contributed by atoms with E-state index in [4.69, 9.17) is 21.1 Å². The highest BCUT2D eigenvalue weighted by molar-refractivity contribution is 6.30. The molecule has 1 heterocycles. The zero-order chi connectivity index (χ0) is 17.1. The van der Waals surface area contributed by atoms with E-state index in [1.165, 1.54) is 25.3 Å². The quantitative estimate of drug-likeness (QED) is 0.390. The molecule has 1 aromatic heterocycles. The van der Waals surface area contributed by atoms with E-state index < -0.39 is 4.92 Å². The van der Waals surface area contributed by atoms with Crippen LogP contribution >= 0.6 is 11.6 Å². The van der Waals surface area contributed by atoms with Gasteiger partial charge in [0.05, 0.1) is 23.6 Å². The van der Waals surface area contributed by atoms with Crippen LogP contribution in [-0.4, -0.2) is 17.0 Å². The number of hydrogen-bond donors (Lipinski definition) is 0. The number of fused-ring (bicyclic) bond motifs is 1. The first-order chi connectivity index (χ1) is 11.6. The minimum atomic E-state index is -0.489. The number of nitrogens with zero attached hydrogens (tertiary/aromatic N) is 2. The van der Waals surface area contributed by atoms with E-state index in [1.54, 1.807) is 0 Å². The van der Waals surface area contributed by atoms with Crippen molar-refractivity contribution in [2.45, 2.75) is 6.61 Å². The highest BCUT2D eigenvalue weighted by Crippen LogP contribution is 2.32. The van der Waals surface area contributed by atoms with Gasteiger partial charge < -0.3 is 9.47 Å². The number of pyridine rings is 1. The molecule has 0 aliphatic rings. The molecule has 0 aliphatic carbocycles. The average Bonchev–Trinajstić information content (AvgIpc) is 2.59. The summed E-state index contributed by atoms with van der Waals surface area (Å²) in [5.74, 6) is 0.682. The monoisotopic (exact) mass is 344 g/mol. The van der Waals surface area contributed by atoms with E-state index in [-0.39, 0.29) is 18.0 Å². The van der Waals surface area contributed by atoms with Crippen LogP contribution in [0.1, 0.15) is 5.56 Å². The van der Waals surface area contributed by atoms with E-state index in [2.05, 4.69) is 4.98 Å². The second-order valence-electron chi connectivity index (χ2n) is 5.01. The van der Waals surface area contributed by atoms with E-state index in [9.17, 15) is 10.1 Å². The number of nitro groups is 1. The van der Waals surface area contributed by atoms with Gasteiger partial charge in [-0.1, -0.05) is 29.8 Å². The van der Waals surface area contributed by atoms with Gasteiger partial charge in [0.1, 0.15) is 11.8 Å². The molecule has 2 aromatic carbocycles. The fourth-order valence-electron chi connectivity index (χ4n) is 2.28. The lowest BCUT2D eigenvalue weighted by Gasteiger charge is -2.11. The van der Waals surface area contributed by atoms with Gasteiger partial charge >= 0.3 is 0 Å². The molecule has 0 saturated carbocycles. The molecule has 6 nitrogen and oxygen atoms in total. The Kier molecular flexibility index (Phi) is 4.48. The van der Waals surface area contributed by atoms with Crippen molar-refractivity contribution in [1.29, 1.82) is 0 Å². The minimum absolute atomic E-state index is 0.0754. The summed E-state index contributed by atoms with van der Waals surface area (Å²) in [5, 5.41) is 12.2. The number of methoxy groups -OCH3 is 1. The van der Waals surface area contributed by atoms with Crippen LogP contribution in [0.3, 0.4) is 0 Å². The standard InChI is InChI=1S/C17H13ClN2O4/c1-23-15-7-6-13(20(21)22)9-16(15)24-10-12-8-11-4-2-3-5-14(11)19-17(12)18/h2-9H,10H2,1H3.